The topological polar surface area (TPSA) is 52.3 Å². The Kier molecular flexibility index (Phi) is 3.04. The minimum absolute atomic E-state index is 0.248. The van der Waals surface area contributed by atoms with Crippen molar-refractivity contribution in [2.75, 3.05) is 7.11 Å². The normalized spacial score (nSPS) is 22.9. The van der Waals surface area contributed by atoms with Gasteiger partial charge in [-0.1, -0.05) is 22.0 Å². The van der Waals surface area contributed by atoms with Crippen LogP contribution in [0, 0.1) is 0 Å². The number of rotatable bonds is 2. The Morgan fingerprint density at radius 3 is 3.06 bits per heavy atom. The van der Waals surface area contributed by atoms with Crippen LogP contribution in [0.4, 0.5) is 0 Å². The highest BCUT2D eigenvalue weighted by Crippen LogP contribution is 2.38. The van der Waals surface area contributed by atoms with E-state index in [4.69, 9.17) is 5.73 Å². The summed E-state index contributed by atoms with van der Waals surface area (Å²) in [5, 5.41) is 0. The van der Waals surface area contributed by atoms with Crippen molar-refractivity contribution in [1.29, 1.82) is 0 Å². The molecule has 0 radical (unpaired) electrons. The van der Waals surface area contributed by atoms with E-state index in [1.807, 2.05) is 12.1 Å². The maximum atomic E-state index is 11.3. The van der Waals surface area contributed by atoms with Gasteiger partial charge in [0.1, 0.15) is 0 Å². The van der Waals surface area contributed by atoms with E-state index in [0.717, 1.165) is 22.9 Å². The molecule has 0 heterocycles. The molecule has 0 fully saturated rings. The lowest BCUT2D eigenvalue weighted by Crippen LogP contribution is -2.36. The Morgan fingerprint density at radius 2 is 2.38 bits per heavy atom. The average Bonchev–Trinajstić information content (AvgIpc) is 2.55. The predicted molar refractivity (Wildman–Crippen MR) is 65.0 cm³/mol. The van der Waals surface area contributed by atoms with E-state index in [-0.39, 0.29) is 12.4 Å². The molecule has 2 rings (SSSR count). The van der Waals surface area contributed by atoms with Crippen LogP contribution in [0.3, 0.4) is 0 Å². The molecule has 1 aromatic carbocycles. The molecule has 1 atom stereocenters. The molecule has 1 aliphatic rings. The van der Waals surface area contributed by atoms with Crippen molar-refractivity contribution < 1.29 is 9.53 Å². The number of fused-ring (bicyclic) bond motifs is 1. The van der Waals surface area contributed by atoms with Crippen molar-refractivity contribution in [1.82, 2.24) is 0 Å². The van der Waals surface area contributed by atoms with Crippen molar-refractivity contribution in [2.45, 2.75) is 24.8 Å². The number of benzene rings is 1. The average molecular weight is 284 g/mol. The monoisotopic (exact) mass is 283 g/mol. The van der Waals surface area contributed by atoms with E-state index < -0.39 is 5.54 Å². The summed E-state index contributed by atoms with van der Waals surface area (Å²) in [4.78, 5) is 11.3. The number of hydrogen-bond acceptors (Lipinski definition) is 3. The standard InChI is InChI=1S/C12H14BrNO2/c1-16-11(15)7-12(14)5-4-8-6-9(13)2-3-10(8)12/h2-3,6H,4-5,7,14H2,1H3/t12-/m0/s1. The summed E-state index contributed by atoms with van der Waals surface area (Å²) in [5.74, 6) is -0.252. The first-order chi connectivity index (χ1) is 7.55. The summed E-state index contributed by atoms with van der Waals surface area (Å²) < 4.78 is 5.74. The van der Waals surface area contributed by atoms with Gasteiger partial charge in [0.2, 0.25) is 0 Å². The first-order valence-corrected chi connectivity index (χ1v) is 5.99. The number of ether oxygens (including phenoxy) is 1. The van der Waals surface area contributed by atoms with Crippen LogP contribution in [0.5, 0.6) is 0 Å². The smallest absolute Gasteiger partial charge is 0.307 e. The SMILES string of the molecule is COC(=O)C[C@@]1(N)CCc2cc(Br)ccc21. The number of carbonyl (C=O) groups excluding carboxylic acids is 1. The molecule has 0 unspecified atom stereocenters. The second-order valence-corrected chi connectivity index (χ2v) is 5.13. The van der Waals surface area contributed by atoms with E-state index >= 15 is 0 Å². The van der Waals surface area contributed by atoms with Crippen LogP contribution in [-0.2, 0) is 21.5 Å². The zero-order chi connectivity index (χ0) is 11.8. The summed E-state index contributed by atoms with van der Waals surface area (Å²) in [6.45, 7) is 0. The Morgan fingerprint density at radius 1 is 1.62 bits per heavy atom. The zero-order valence-electron chi connectivity index (χ0n) is 9.13. The molecule has 0 amide bonds. The molecule has 2 N–H and O–H groups in total. The highest BCUT2D eigenvalue weighted by Gasteiger charge is 2.37. The van der Waals surface area contributed by atoms with Gasteiger partial charge in [0.05, 0.1) is 19.1 Å². The Balaban J connectivity index is 2.31. The molecule has 16 heavy (non-hydrogen) atoms. The van der Waals surface area contributed by atoms with Crippen LogP contribution in [0.1, 0.15) is 24.0 Å². The van der Waals surface area contributed by atoms with Crippen LogP contribution in [0.2, 0.25) is 0 Å². The molecule has 0 aromatic heterocycles. The van der Waals surface area contributed by atoms with Gasteiger partial charge in [0.25, 0.3) is 0 Å². The number of nitrogens with two attached hydrogens (primary N) is 1. The number of methoxy groups -OCH3 is 1. The van der Waals surface area contributed by atoms with Crippen molar-refractivity contribution in [2.24, 2.45) is 5.73 Å². The summed E-state index contributed by atoms with van der Waals surface area (Å²) >= 11 is 3.43. The highest BCUT2D eigenvalue weighted by molar-refractivity contribution is 9.10. The molecule has 3 nitrogen and oxygen atoms in total. The lowest BCUT2D eigenvalue weighted by atomic mass is 9.89. The van der Waals surface area contributed by atoms with Crippen LogP contribution >= 0.6 is 15.9 Å². The van der Waals surface area contributed by atoms with Crippen molar-refractivity contribution in [3.63, 3.8) is 0 Å². The summed E-state index contributed by atoms with van der Waals surface area (Å²) in [6.07, 6.45) is 1.97. The first-order valence-electron chi connectivity index (χ1n) is 5.20. The fourth-order valence-electron chi connectivity index (χ4n) is 2.26. The summed E-state index contributed by atoms with van der Waals surface area (Å²) in [6, 6.07) is 6.03. The number of carbonyl (C=O) groups is 1. The van der Waals surface area contributed by atoms with E-state index in [2.05, 4.69) is 26.7 Å². The molecular formula is C12H14BrNO2. The third kappa shape index (κ3) is 1.99. The van der Waals surface area contributed by atoms with Gasteiger partial charge < -0.3 is 10.5 Å². The lowest BCUT2D eigenvalue weighted by Gasteiger charge is -2.23. The van der Waals surface area contributed by atoms with Crippen LogP contribution < -0.4 is 5.73 Å². The number of aryl methyl sites for hydroxylation is 1. The van der Waals surface area contributed by atoms with Gasteiger partial charge in [-0.3, -0.25) is 4.79 Å². The van der Waals surface area contributed by atoms with Crippen LogP contribution in [0.15, 0.2) is 22.7 Å². The molecule has 0 saturated heterocycles. The van der Waals surface area contributed by atoms with E-state index in [0.29, 0.717) is 0 Å². The van der Waals surface area contributed by atoms with Crippen molar-refractivity contribution >= 4 is 21.9 Å². The largest absolute Gasteiger partial charge is 0.469 e. The van der Waals surface area contributed by atoms with Gasteiger partial charge in [0.15, 0.2) is 0 Å². The van der Waals surface area contributed by atoms with E-state index in [1.165, 1.54) is 12.7 Å². The predicted octanol–water partition coefficient (Wildman–Crippen LogP) is 2.11. The van der Waals surface area contributed by atoms with E-state index in [1.54, 1.807) is 0 Å². The summed E-state index contributed by atoms with van der Waals surface area (Å²) in [5.41, 5.74) is 8.02. The van der Waals surface area contributed by atoms with Gasteiger partial charge in [-0.2, -0.15) is 0 Å². The molecule has 0 bridgehead atoms. The van der Waals surface area contributed by atoms with Gasteiger partial charge in [0, 0.05) is 4.47 Å². The highest BCUT2D eigenvalue weighted by atomic mass is 79.9. The van der Waals surface area contributed by atoms with Gasteiger partial charge in [-0.05, 0) is 36.1 Å². The Labute approximate surface area is 103 Å². The second kappa shape index (κ2) is 4.18. The minimum atomic E-state index is -0.552. The first kappa shape index (κ1) is 11.6. The third-order valence-corrected chi connectivity index (χ3v) is 3.62. The van der Waals surface area contributed by atoms with Crippen molar-refractivity contribution in [3.05, 3.63) is 33.8 Å². The zero-order valence-corrected chi connectivity index (χ0v) is 10.7. The maximum absolute atomic E-state index is 11.3. The van der Waals surface area contributed by atoms with E-state index in [9.17, 15) is 4.79 Å². The van der Waals surface area contributed by atoms with Gasteiger partial charge in [-0.15, -0.1) is 0 Å². The Bertz CT molecular complexity index is 433. The molecule has 1 aliphatic carbocycles. The summed E-state index contributed by atoms with van der Waals surface area (Å²) in [7, 11) is 1.39. The quantitative estimate of drug-likeness (QED) is 0.846. The van der Waals surface area contributed by atoms with Crippen LogP contribution in [-0.4, -0.2) is 13.1 Å². The van der Waals surface area contributed by atoms with Crippen LogP contribution in [0.25, 0.3) is 0 Å². The molecule has 86 valence electrons. The lowest BCUT2D eigenvalue weighted by molar-refractivity contribution is -0.142. The molecule has 4 heteroatoms. The number of esters is 1. The fourth-order valence-corrected chi connectivity index (χ4v) is 2.67. The molecule has 0 aliphatic heterocycles. The third-order valence-electron chi connectivity index (χ3n) is 3.13. The number of halogens is 1. The van der Waals surface area contributed by atoms with Gasteiger partial charge in [-0.25, -0.2) is 0 Å². The van der Waals surface area contributed by atoms with Gasteiger partial charge >= 0.3 is 5.97 Å². The molecule has 1 aromatic rings. The minimum Gasteiger partial charge on any atom is -0.469 e. The molecular weight excluding hydrogens is 270 g/mol. The fraction of sp³-hybridized carbons (Fsp3) is 0.417. The molecule has 0 saturated carbocycles. The molecule has 0 spiro atoms. The number of hydrogen-bond donors (Lipinski definition) is 1. The maximum Gasteiger partial charge on any atom is 0.307 e. The van der Waals surface area contributed by atoms with Crippen molar-refractivity contribution in [3.8, 4) is 0 Å². The Hall–Kier alpha value is -0.870. The second-order valence-electron chi connectivity index (χ2n) is 4.21.